The van der Waals surface area contributed by atoms with Gasteiger partial charge in [0.05, 0.1) is 24.5 Å². The Morgan fingerprint density at radius 1 is 1.36 bits per heavy atom. The number of amides is 2. The minimum absolute atomic E-state index is 0.0783. The van der Waals surface area contributed by atoms with Crippen LogP contribution in [0, 0.1) is 0 Å². The maximum absolute atomic E-state index is 12.9. The first kappa shape index (κ1) is 19.7. The highest BCUT2D eigenvalue weighted by atomic mass is 16.5. The lowest BCUT2D eigenvalue weighted by molar-refractivity contribution is 0.0600. The maximum atomic E-state index is 12.9. The van der Waals surface area contributed by atoms with Gasteiger partial charge in [0, 0.05) is 19.0 Å². The van der Waals surface area contributed by atoms with Gasteiger partial charge in [0.2, 0.25) is 0 Å². The largest absolute Gasteiger partial charge is 0.489 e. The van der Waals surface area contributed by atoms with Crippen LogP contribution in [0.25, 0.3) is 0 Å². The van der Waals surface area contributed by atoms with Crippen molar-refractivity contribution in [3.63, 3.8) is 0 Å². The maximum Gasteiger partial charge on any atom is 0.337 e. The van der Waals surface area contributed by atoms with Crippen LogP contribution in [-0.2, 0) is 4.74 Å². The number of esters is 1. The Hall–Kier alpha value is -3.10. The van der Waals surface area contributed by atoms with Crippen LogP contribution in [0.2, 0.25) is 0 Å². The molecular formula is C19H25N5O4. The lowest BCUT2D eigenvalue weighted by Gasteiger charge is -2.32. The standard InChI is InChI=1S/C19H25N5O4/c1-12(2)28-16-7-6-13(18(25)27-3)9-15(16)22-19(26)24-8-4-5-14(10-24)17-20-11-21-23-17/h6-7,9,11-12,14H,4-5,8,10H2,1-3H3,(H,22,26)(H,20,21,23)/t14-/m0/s1. The van der Waals surface area contributed by atoms with Gasteiger partial charge in [0.25, 0.3) is 0 Å². The highest BCUT2D eigenvalue weighted by molar-refractivity contribution is 5.95. The fourth-order valence-electron chi connectivity index (χ4n) is 3.22. The number of methoxy groups -OCH3 is 1. The molecule has 3 rings (SSSR count). The van der Waals surface area contributed by atoms with Gasteiger partial charge in [-0.2, -0.15) is 5.10 Å². The molecule has 0 aliphatic carbocycles. The van der Waals surface area contributed by atoms with Gasteiger partial charge in [-0.3, -0.25) is 5.10 Å². The summed E-state index contributed by atoms with van der Waals surface area (Å²) in [5.74, 6) is 0.929. The molecule has 0 bridgehead atoms. The molecule has 2 amide bonds. The molecule has 2 aromatic rings. The van der Waals surface area contributed by atoms with Crippen molar-refractivity contribution >= 4 is 17.7 Å². The first-order valence-corrected chi connectivity index (χ1v) is 9.28. The number of piperidine rings is 1. The number of aromatic nitrogens is 3. The van der Waals surface area contributed by atoms with Crippen molar-refractivity contribution in [3.05, 3.63) is 35.9 Å². The number of aromatic amines is 1. The number of nitrogens with one attached hydrogen (secondary N) is 2. The van der Waals surface area contributed by atoms with Crippen molar-refractivity contribution in [3.8, 4) is 5.75 Å². The predicted octanol–water partition coefficient (Wildman–Crippen LogP) is 2.79. The minimum atomic E-state index is -0.477. The Balaban J connectivity index is 1.76. The molecule has 1 aliphatic rings. The molecule has 150 valence electrons. The van der Waals surface area contributed by atoms with E-state index in [9.17, 15) is 9.59 Å². The van der Waals surface area contributed by atoms with E-state index in [-0.39, 0.29) is 18.1 Å². The van der Waals surface area contributed by atoms with Gasteiger partial charge in [-0.25, -0.2) is 14.6 Å². The van der Waals surface area contributed by atoms with Crippen LogP contribution in [0.1, 0.15) is 48.8 Å². The van der Waals surface area contributed by atoms with E-state index in [1.54, 1.807) is 23.1 Å². The van der Waals surface area contributed by atoms with E-state index < -0.39 is 5.97 Å². The van der Waals surface area contributed by atoms with E-state index in [1.807, 2.05) is 13.8 Å². The number of nitrogens with zero attached hydrogens (tertiary/aromatic N) is 3. The second kappa shape index (κ2) is 8.73. The Labute approximate surface area is 163 Å². The lowest BCUT2D eigenvalue weighted by atomic mass is 9.98. The van der Waals surface area contributed by atoms with Crippen molar-refractivity contribution in [2.24, 2.45) is 0 Å². The number of urea groups is 1. The number of likely N-dealkylation sites (tertiary alicyclic amines) is 1. The SMILES string of the molecule is COC(=O)c1ccc(OC(C)C)c(NC(=O)N2CCC[C@H](c3ncn[nH]3)C2)c1. The third-order valence-electron chi connectivity index (χ3n) is 4.53. The number of carbonyl (C=O) groups excluding carboxylic acids is 2. The van der Waals surface area contributed by atoms with Crippen LogP contribution < -0.4 is 10.1 Å². The van der Waals surface area contributed by atoms with Gasteiger partial charge in [0.1, 0.15) is 17.9 Å². The number of anilines is 1. The summed E-state index contributed by atoms with van der Waals surface area (Å²) in [6, 6.07) is 4.59. The molecule has 28 heavy (non-hydrogen) atoms. The average Bonchev–Trinajstić information content (AvgIpc) is 3.23. The fraction of sp³-hybridized carbons (Fsp3) is 0.474. The Bertz CT molecular complexity index is 822. The van der Waals surface area contributed by atoms with Crippen molar-refractivity contribution < 1.29 is 19.1 Å². The molecule has 9 nitrogen and oxygen atoms in total. The topological polar surface area (TPSA) is 109 Å². The van der Waals surface area contributed by atoms with Crippen molar-refractivity contribution in [2.75, 3.05) is 25.5 Å². The second-order valence-electron chi connectivity index (χ2n) is 6.96. The van der Waals surface area contributed by atoms with E-state index in [0.29, 0.717) is 30.1 Å². The van der Waals surface area contributed by atoms with Crippen molar-refractivity contribution in [1.29, 1.82) is 0 Å². The van der Waals surface area contributed by atoms with Gasteiger partial charge in [-0.05, 0) is 44.9 Å². The quantitative estimate of drug-likeness (QED) is 0.764. The fourth-order valence-corrected chi connectivity index (χ4v) is 3.22. The molecule has 1 saturated heterocycles. The van der Waals surface area contributed by atoms with E-state index in [0.717, 1.165) is 18.7 Å². The van der Waals surface area contributed by atoms with E-state index in [1.165, 1.54) is 13.4 Å². The summed E-state index contributed by atoms with van der Waals surface area (Å²) in [6.07, 6.45) is 3.21. The molecule has 1 aliphatic heterocycles. The smallest absolute Gasteiger partial charge is 0.337 e. The van der Waals surface area contributed by atoms with Crippen LogP contribution >= 0.6 is 0 Å². The molecule has 1 fully saturated rings. The van der Waals surface area contributed by atoms with E-state index >= 15 is 0 Å². The third kappa shape index (κ3) is 4.59. The first-order valence-electron chi connectivity index (χ1n) is 9.28. The molecule has 1 aromatic heterocycles. The molecule has 0 spiro atoms. The number of hydrogen-bond donors (Lipinski definition) is 2. The normalized spacial score (nSPS) is 16.7. The number of ether oxygens (including phenoxy) is 2. The average molecular weight is 387 g/mol. The zero-order chi connectivity index (χ0) is 20.1. The molecule has 1 aromatic carbocycles. The summed E-state index contributed by atoms with van der Waals surface area (Å²) in [6.45, 7) is 4.98. The second-order valence-corrected chi connectivity index (χ2v) is 6.96. The number of hydrogen-bond acceptors (Lipinski definition) is 6. The van der Waals surface area contributed by atoms with Crippen LogP contribution in [-0.4, -0.2) is 58.4 Å². The summed E-state index contributed by atoms with van der Waals surface area (Å²) in [4.78, 5) is 30.7. The van der Waals surface area contributed by atoms with Crippen LogP contribution in [0.15, 0.2) is 24.5 Å². The van der Waals surface area contributed by atoms with Gasteiger partial charge in [-0.15, -0.1) is 0 Å². The molecular weight excluding hydrogens is 362 g/mol. The Morgan fingerprint density at radius 2 is 2.18 bits per heavy atom. The number of benzene rings is 1. The summed E-state index contributed by atoms with van der Waals surface area (Å²) >= 11 is 0. The third-order valence-corrected chi connectivity index (χ3v) is 4.53. The zero-order valence-corrected chi connectivity index (χ0v) is 16.3. The molecule has 9 heteroatoms. The zero-order valence-electron chi connectivity index (χ0n) is 16.3. The monoisotopic (exact) mass is 387 g/mol. The lowest BCUT2D eigenvalue weighted by Crippen LogP contribution is -2.42. The first-order chi connectivity index (χ1) is 13.5. The van der Waals surface area contributed by atoms with Gasteiger partial charge < -0.3 is 19.7 Å². The highest BCUT2D eigenvalue weighted by Crippen LogP contribution is 2.29. The van der Waals surface area contributed by atoms with Gasteiger partial charge >= 0.3 is 12.0 Å². The molecule has 2 heterocycles. The molecule has 0 radical (unpaired) electrons. The highest BCUT2D eigenvalue weighted by Gasteiger charge is 2.27. The number of H-pyrrole nitrogens is 1. The number of rotatable bonds is 5. The molecule has 0 unspecified atom stereocenters. The Morgan fingerprint density at radius 3 is 2.86 bits per heavy atom. The summed E-state index contributed by atoms with van der Waals surface area (Å²) in [5, 5.41) is 9.65. The summed E-state index contributed by atoms with van der Waals surface area (Å²) < 4.78 is 10.5. The van der Waals surface area contributed by atoms with E-state index in [2.05, 4.69) is 20.5 Å². The minimum Gasteiger partial charge on any atom is -0.489 e. The molecule has 1 atom stereocenters. The number of carbonyl (C=O) groups is 2. The van der Waals surface area contributed by atoms with Crippen LogP contribution in [0.3, 0.4) is 0 Å². The summed E-state index contributed by atoms with van der Waals surface area (Å²) in [7, 11) is 1.32. The van der Waals surface area contributed by atoms with Crippen LogP contribution in [0.5, 0.6) is 5.75 Å². The molecule has 0 saturated carbocycles. The van der Waals surface area contributed by atoms with Crippen LogP contribution in [0.4, 0.5) is 10.5 Å². The van der Waals surface area contributed by atoms with Crippen molar-refractivity contribution in [2.45, 2.75) is 38.7 Å². The van der Waals surface area contributed by atoms with E-state index in [4.69, 9.17) is 9.47 Å². The summed E-state index contributed by atoms with van der Waals surface area (Å²) in [5.41, 5.74) is 0.774. The predicted molar refractivity (Wildman–Crippen MR) is 102 cm³/mol. The Kier molecular flexibility index (Phi) is 6.13. The van der Waals surface area contributed by atoms with Gasteiger partial charge in [-0.1, -0.05) is 0 Å². The molecule has 2 N–H and O–H groups in total. The van der Waals surface area contributed by atoms with Gasteiger partial charge in [0.15, 0.2) is 0 Å². The van der Waals surface area contributed by atoms with Crippen molar-refractivity contribution in [1.82, 2.24) is 20.1 Å².